The summed E-state index contributed by atoms with van der Waals surface area (Å²) in [5, 5.41) is 0. The van der Waals surface area contributed by atoms with E-state index in [9.17, 15) is 9.59 Å². The number of amides is 4. The van der Waals surface area contributed by atoms with Gasteiger partial charge in [-0.25, -0.2) is 9.59 Å². The summed E-state index contributed by atoms with van der Waals surface area (Å²) in [4.78, 5) is 37.7. The summed E-state index contributed by atoms with van der Waals surface area (Å²) in [5.41, 5.74) is 0. The van der Waals surface area contributed by atoms with Gasteiger partial charge in [-0.05, 0) is 51.4 Å². The molecule has 2 aliphatic carbocycles. The topological polar surface area (TPSA) is 56.0 Å². The van der Waals surface area contributed by atoms with E-state index in [0.717, 1.165) is 26.7 Å². The van der Waals surface area contributed by atoms with Gasteiger partial charge in [-0.3, -0.25) is 29.4 Å². The molecule has 28 heavy (non-hydrogen) atoms. The molecule has 2 saturated carbocycles. The fourth-order valence-corrected chi connectivity index (χ4v) is 6.92. The molecule has 4 aliphatic heterocycles. The molecule has 6 fully saturated rings. The normalized spacial score (nSPS) is 39.1. The van der Waals surface area contributed by atoms with Crippen LogP contribution in [0.1, 0.15) is 64.2 Å². The summed E-state index contributed by atoms with van der Waals surface area (Å²) in [5.74, 6) is 0. The first-order chi connectivity index (χ1) is 13.7. The van der Waals surface area contributed by atoms with E-state index in [-0.39, 0.29) is 24.4 Å². The summed E-state index contributed by atoms with van der Waals surface area (Å²) >= 11 is 0. The molecule has 0 atom stereocenters. The molecule has 4 amide bonds. The molecular formula is C20H34N6O2+2. The summed E-state index contributed by atoms with van der Waals surface area (Å²) in [6, 6.07) is 1.53. The highest BCUT2D eigenvalue weighted by Crippen LogP contribution is 2.35. The fourth-order valence-electron chi connectivity index (χ4n) is 6.92. The molecule has 0 spiro atoms. The SMILES string of the molecule is O=C1N2C[NH+](C3CCCCC3)CN3C(=O)N4C[NH+](C5CCCCC5)CN1C4C23. The van der Waals surface area contributed by atoms with Crippen LogP contribution in [0.25, 0.3) is 0 Å². The molecule has 0 unspecified atom stereocenters. The number of nitrogens with zero attached hydrogens (tertiary/aromatic N) is 4. The van der Waals surface area contributed by atoms with Gasteiger partial charge < -0.3 is 0 Å². The Hall–Kier alpha value is -1.54. The Morgan fingerprint density at radius 1 is 0.536 bits per heavy atom. The molecule has 2 N–H and O–H groups in total. The first kappa shape index (κ1) is 17.3. The van der Waals surface area contributed by atoms with Crippen LogP contribution in [0.3, 0.4) is 0 Å². The van der Waals surface area contributed by atoms with Gasteiger partial charge in [0.05, 0.1) is 12.1 Å². The maximum Gasteiger partial charge on any atom is 0.332 e. The second kappa shape index (κ2) is 6.49. The number of hydrogen-bond acceptors (Lipinski definition) is 2. The van der Waals surface area contributed by atoms with Crippen LogP contribution < -0.4 is 9.80 Å². The van der Waals surface area contributed by atoms with Gasteiger partial charge in [0.1, 0.15) is 0 Å². The Bertz CT molecular complexity index is 573. The smallest absolute Gasteiger partial charge is 0.298 e. The average Bonchev–Trinajstić information content (AvgIpc) is 3.21. The lowest BCUT2D eigenvalue weighted by Gasteiger charge is -2.43. The molecule has 0 bridgehead atoms. The lowest BCUT2D eigenvalue weighted by molar-refractivity contribution is -0.952. The Labute approximate surface area is 167 Å². The number of quaternary nitrogens is 2. The minimum Gasteiger partial charge on any atom is -0.298 e. The van der Waals surface area contributed by atoms with Crippen molar-refractivity contribution in [1.82, 2.24) is 19.6 Å². The van der Waals surface area contributed by atoms with Crippen molar-refractivity contribution in [2.45, 2.75) is 88.6 Å². The van der Waals surface area contributed by atoms with Gasteiger partial charge in [-0.15, -0.1) is 0 Å². The van der Waals surface area contributed by atoms with Crippen LogP contribution in [0.5, 0.6) is 0 Å². The first-order valence-electron chi connectivity index (χ1n) is 11.6. The van der Waals surface area contributed by atoms with Gasteiger partial charge in [0.25, 0.3) is 0 Å². The van der Waals surface area contributed by atoms with E-state index >= 15 is 0 Å². The van der Waals surface area contributed by atoms with Crippen molar-refractivity contribution >= 4 is 12.1 Å². The zero-order valence-electron chi connectivity index (χ0n) is 16.8. The lowest BCUT2D eigenvalue weighted by Crippen LogP contribution is -3.21. The highest BCUT2D eigenvalue weighted by atomic mass is 16.2. The van der Waals surface area contributed by atoms with Crippen molar-refractivity contribution < 1.29 is 19.4 Å². The average molecular weight is 391 g/mol. The maximum absolute atomic E-state index is 13.4. The van der Waals surface area contributed by atoms with E-state index in [1.807, 2.05) is 19.6 Å². The molecule has 154 valence electrons. The van der Waals surface area contributed by atoms with E-state index < -0.39 is 0 Å². The van der Waals surface area contributed by atoms with Crippen LogP contribution in [-0.4, -0.2) is 82.8 Å². The third-order valence-electron chi connectivity index (χ3n) is 8.39. The zero-order chi connectivity index (χ0) is 18.8. The second-order valence-corrected chi connectivity index (χ2v) is 9.89. The van der Waals surface area contributed by atoms with Crippen molar-refractivity contribution in [1.29, 1.82) is 0 Å². The standard InChI is InChI=1S/C20H32N6O2/c27-19-23-11-21(15-7-3-1-4-8-15)12-24-17(23)18-25(19)13-22(14-26(18)20(24)28)16-9-5-2-6-10-16/h15-18H,1-14H2/p+2. The van der Waals surface area contributed by atoms with Crippen LogP contribution in [0.2, 0.25) is 0 Å². The Kier molecular flexibility index (Phi) is 4.01. The zero-order valence-corrected chi connectivity index (χ0v) is 16.8. The molecule has 0 aromatic heterocycles. The van der Waals surface area contributed by atoms with E-state index in [1.54, 1.807) is 0 Å². The number of rotatable bonds is 2. The summed E-state index contributed by atoms with van der Waals surface area (Å²) in [6.45, 7) is 3.10. The minimum atomic E-state index is -0.0553. The van der Waals surface area contributed by atoms with Gasteiger partial charge in [-0.1, -0.05) is 12.8 Å². The highest BCUT2D eigenvalue weighted by molar-refractivity contribution is 5.85. The fraction of sp³-hybridized carbons (Fsp3) is 0.900. The van der Waals surface area contributed by atoms with Gasteiger partial charge in [0, 0.05) is 0 Å². The summed E-state index contributed by atoms with van der Waals surface area (Å²) in [7, 11) is 0. The van der Waals surface area contributed by atoms with Crippen LogP contribution in [0.4, 0.5) is 9.59 Å². The van der Waals surface area contributed by atoms with Gasteiger partial charge >= 0.3 is 12.1 Å². The Morgan fingerprint density at radius 3 is 1.18 bits per heavy atom. The second-order valence-electron chi connectivity index (χ2n) is 9.89. The minimum absolute atomic E-state index is 0.0553. The third kappa shape index (κ3) is 2.43. The van der Waals surface area contributed by atoms with Crippen LogP contribution >= 0.6 is 0 Å². The first-order valence-corrected chi connectivity index (χ1v) is 11.6. The van der Waals surface area contributed by atoms with Crippen molar-refractivity contribution in [3.05, 3.63) is 0 Å². The quantitative estimate of drug-likeness (QED) is 0.662. The molecule has 6 aliphatic rings. The van der Waals surface area contributed by atoms with Crippen molar-refractivity contribution in [2.24, 2.45) is 0 Å². The van der Waals surface area contributed by atoms with Crippen LogP contribution in [0.15, 0.2) is 0 Å². The van der Waals surface area contributed by atoms with Crippen LogP contribution in [0, 0.1) is 0 Å². The highest BCUT2D eigenvalue weighted by Gasteiger charge is 2.66. The Morgan fingerprint density at radius 2 is 0.857 bits per heavy atom. The predicted molar refractivity (Wildman–Crippen MR) is 101 cm³/mol. The van der Waals surface area contributed by atoms with E-state index in [4.69, 9.17) is 0 Å². The van der Waals surface area contributed by atoms with Gasteiger partial charge in [-0.2, -0.15) is 0 Å². The molecule has 4 saturated heterocycles. The number of nitrogens with one attached hydrogen (secondary N) is 2. The van der Waals surface area contributed by atoms with E-state index in [0.29, 0.717) is 12.1 Å². The third-order valence-corrected chi connectivity index (χ3v) is 8.39. The molecule has 0 aromatic rings. The molecule has 0 aromatic carbocycles. The van der Waals surface area contributed by atoms with E-state index in [2.05, 4.69) is 0 Å². The number of carbonyl (C=O) groups is 2. The summed E-state index contributed by atoms with van der Waals surface area (Å²) < 4.78 is 0. The molecule has 8 heteroatoms. The number of urea groups is 2. The molecule has 8 nitrogen and oxygen atoms in total. The van der Waals surface area contributed by atoms with Crippen molar-refractivity contribution in [3.63, 3.8) is 0 Å². The monoisotopic (exact) mass is 390 g/mol. The lowest BCUT2D eigenvalue weighted by atomic mass is 9.94. The number of carbonyl (C=O) groups excluding carboxylic acids is 2. The molecular weight excluding hydrogens is 356 g/mol. The number of hydrogen-bond donors (Lipinski definition) is 2. The summed E-state index contributed by atoms with van der Waals surface area (Å²) in [6.07, 6.45) is 12.7. The van der Waals surface area contributed by atoms with Crippen LogP contribution in [-0.2, 0) is 0 Å². The van der Waals surface area contributed by atoms with Crippen molar-refractivity contribution in [3.8, 4) is 0 Å². The Balaban J connectivity index is 1.26. The predicted octanol–water partition coefficient (Wildman–Crippen LogP) is -0.594. The van der Waals surface area contributed by atoms with Gasteiger partial charge in [0.15, 0.2) is 39.0 Å². The van der Waals surface area contributed by atoms with Crippen molar-refractivity contribution in [2.75, 3.05) is 26.7 Å². The van der Waals surface area contributed by atoms with Gasteiger partial charge in [0.2, 0.25) is 0 Å². The van der Waals surface area contributed by atoms with E-state index in [1.165, 1.54) is 74.0 Å². The molecule has 4 heterocycles. The largest absolute Gasteiger partial charge is 0.332 e. The maximum atomic E-state index is 13.4. The molecule has 6 rings (SSSR count). The molecule has 0 radical (unpaired) electrons.